The summed E-state index contributed by atoms with van der Waals surface area (Å²) in [6.45, 7) is 9.27. The van der Waals surface area contributed by atoms with Crippen LogP contribution in [0.25, 0.3) is 0 Å². The fourth-order valence-corrected chi connectivity index (χ4v) is 5.92. The van der Waals surface area contributed by atoms with Crippen molar-refractivity contribution in [2.45, 2.75) is 39.7 Å². The first-order valence-corrected chi connectivity index (χ1v) is 8.29. The molecule has 1 unspecified atom stereocenters. The highest BCUT2D eigenvalue weighted by atomic mass is 79.9. The SMILES string of the molecule is CCC([SiH2]Br)C(C)(C)C. The molecule has 9 heavy (non-hydrogen) atoms. The first-order chi connectivity index (χ1) is 4.02. The summed E-state index contributed by atoms with van der Waals surface area (Å²) in [6, 6.07) is 0. The Kier molecular flexibility index (Phi) is 4.06. The third-order valence-corrected chi connectivity index (χ3v) is 6.42. The van der Waals surface area contributed by atoms with Gasteiger partial charge in [-0.1, -0.05) is 34.1 Å². The first kappa shape index (κ1) is 9.70. The molecule has 0 rings (SSSR count). The molecular formula is C7H17BrSi. The highest BCUT2D eigenvalue weighted by Crippen LogP contribution is 2.33. The van der Waals surface area contributed by atoms with Crippen LogP contribution in [0.5, 0.6) is 0 Å². The lowest BCUT2D eigenvalue weighted by Gasteiger charge is -2.27. The van der Waals surface area contributed by atoms with Crippen LogP contribution in [0.2, 0.25) is 5.54 Å². The van der Waals surface area contributed by atoms with E-state index in [1.54, 1.807) is 0 Å². The highest BCUT2D eigenvalue weighted by Gasteiger charge is 2.21. The number of halogens is 1. The zero-order valence-electron chi connectivity index (χ0n) is 6.87. The topological polar surface area (TPSA) is 0 Å². The van der Waals surface area contributed by atoms with Crippen LogP contribution in [-0.4, -0.2) is 8.14 Å². The molecule has 1 atom stereocenters. The summed E-state index contributed by atoms with van der Waals surface area (Å²) in [5.74, 6) is 0. The summed E-state index contributed by atoms with van der Waals surface area (Å²) >= 11 is 3.65. The Morgan fingerprint density at radius 3 is 1.89 bits per heavy atom. The van der Waals surface area contributed by atoms with Crippen LogP contribution >= 0.6 is 15.3 Å². The Morgan fingerprint density at radius 2 is 1.89 bits per heavy atom. The zero-order chi connectivity index (χ0) is 7.49. The highest BCUT2D eigenvalue weighted by molar-refractivity contribution is 9.23. The summed E-state index contributed by atoms with van der Waals surface area (Å²) in [5.41, 5.74) is 1.49. The van der Waals surface area contributed by atoms with E-state index in [4.69, 9.17) is 0 Å². The van der Waals surface area contributed by atoms with Gasteiger partial charge in [-0.2, -0.15) is 0 Å². The lowest BCUT2D eigenvalue weighted by atomic mass is 9.90. The van der Waals surface area contributed by atoms with Gasteiger partial charge in [0.05, 0.1) is 0 Å². The molecule has 0 heterocycles. The number of hydrogen-bond donors (Lipinski definition) is 0. The molecular weight excluding hydrogens is 192 g/mol. The maximum absolute atomic E-state index is 3.65. The maximum atomic E-state index is 3.65. The molecule has 0 nitrogen and oxygen atoms in total. The van der Waals surface area contributed by atoms with Crippen molar-refractivity contribution in [3.63, 3.8) is 0 Å². The van der Waals surface area contributed by atoms with E-state index in [9.17, 15) is 0 Å². The van der Waals surface area contributed by atoms with E-state index in [0.717, 1.165) is 5.54 Å². The molecule has 0 saturated heterocycles. The van der Waals surface area contributed by atoms with Crippen LogP contribution in [0.3, 0.4) is 0 Å². The molecule has 56 valence electrons. The molecule has 0 amide bonds. The first-order valence-electron chi connectivity index (χ1n) is 3.58. The van der Waals surface area contributed by atoms with Crippen molar-refractivity contribution in [1.29, 1.82) is 0 Å². The van der Waals surface area contributed by atoms with Gasteiger partial charge in [-0.3, -0.25) is 0 Å². The van der Waals surface area contributed by atoms with Gasteiger partial charge >= 0.3 is 0 Å². The van der Waals surface area contributed by atoms with Crippen molar-refractivity contribution in [3.05, 3.63) is 0 Å². The molecule has 0 aliphatic rings. The Labute approximate surface area is 68.8 Å². The Morgan fingerprint density at radius 1 is 1.44 bits per heavy atom. The molecule has 0 bridgehead atoms. The van der Waals surface area contributed by atoms with Gasteiger partial charge in [0.2, 0.25) is 0 Å². The zero-order valence-corrected chi connectivity index (χ0v) is 9.87. The second-order valence-corrected chi connectivity index (χ2v) is 6.86. The van der Waals surface area contributed by atoms with E-state index in [0.29, 0.717) is 5.41 Å². The predicted molar refractivity (Wildman–Crippen MR) is 51.0 cm³/mol. The summed E-state index contributed by atoms with van der Waals surface area (Å²) in [6.07, 6.45) is 1.33. The molecule has 0 aliphatic carbocycles. The average molecular weight is 209 g/mol. The van der Waals surface area contributed by atoms with Crippen LogP contribution in [0.1, 0.15) is 34.1 Å². The van der Waals surface area contributed by atoms with E-state index in [1.807, 2.05) is 0 Å². The summed E-state index contributed by atoms with van der Waals surface area (Å²) < 4.78 is 0. The quantitative estimate of drug-likeness (QED) is 0.484. The standard InChI is InChI=1S/C7H17BrSi/c1-5-6(9-8)7(2,3)4/h6H,5,9H2,1-4H3. The third kappa shape index (κ3) is 3.41. The minimum Gasteiger partial charge on any atom is -0.135 e. The van der Waals surface area contributed by atoms with Gasteiger partial charge < -0.3 is 0 Å². The van der Waals surface area contributed by atoms with E-state index in [-0.39, 0.29) is 8.14 Å². The normalized spacial score (nSPS) is 17.0. The van der Waals surface area contributed by atoms with Gasteiger partial charge in [0.25, 0.3) is 0 Å². The van der Waals surface area contributed by atoms with Crippen molar-refractivity contribution in [3.8, 4) is 0 Å². The Balaban J connectivity index is 3.79. The van der Waals surface area contributed by atoms with Crippen LogP contribution in [0.15, 0.2) is 0 Å². The molecule has 0 radical (unpaired) electrons. The molecule has 0 aromatic carbocycles. The van der Waals surface area contributed by atoms with E-state index in [2.05, 4.69) is 43.0 Å². The Bertz CT molecular complexity index is 71.5. The minimum atomic E-state index is 0.0363. The van der Waals surface area contributed by atoms with Crippen LogP contribution in [0, 0.1) is 5.41 Å². The van der Waals surface area contributed by atoms with Crippen LogP contribution in [-0.2, 0) is 0 Å². The summed E-state index contributed by atoms with van der Waals surface area (Å²) in [7, 11) is 0.0363. The molecule has 0 spiro atoms. The minimum absolute atomic E-state index is 0.0363. The van der Waals surface area contributed by atoms with Gasteiger partial charge in [-0.05, 0) is 11.0 Å². The molecule has 0 aliphatic heterocycles. The van der Waals surface area contributed by atoms with Crippen molar-refractivity contribution < 1.29 is 0 Å². The second-order valence-electron chi connectivity index (χ2n) is 3.63. The van der Waals surface area contributed by atoms with Gasteiger partial charge in [-0.25, -0.2) is 0 Å². The molecule has 2 heteroatoms. The molecule has 0 fully saturated rings. The average Bonchev–Trinajstić information content (AvgIpc) is 1.65. The van der Waals surface area contributed by atoms with E-state index >= 15 is 0 Å². The summed E-state index contributed by atoms with van der Waals surface area (Å²) in [5, 5.41) is 0. The lowest BCUT2D eigenvalue weighted by Crippen LogP contribution is -2.16. The predicted octanol–water partition coefficient (Wildman–Crippen LogP) is 2.71. The van der Waals surface area contributed by atoms with Gasteiger partial charge in [0.15, 0.2) is 0 Å². The largest absolute Gasteiger partial charge is 0.135 e. The van der Waals surface area contributed by atoms with Crippen molar-refractivity contribution >= 4 is 23.4 Å². The van der Waals surface area contributed by atoms with E-state index in [1.165, 1.54) is 6.42 Å². The second kappa shape index (κ2) is 3.77. The fourth-order valence-electron chi connectivity index (χ4n) is 0.953. The molecule has 0 aromatic heterocycles. The summed E-state index contributed by atoms with van der Waals surface area (Å²) in [4.78, 5) is 0. The molecule has 0 aromatic rings. The van der Waals surface area contributed by atoms with Crippen molar-refractivity contribution in [1.82, 2.24) is 0 Å². The fraction of sp³-hybridized carbons (Fsp3) is 1.00. The van der Waals surface area contributed by atoms with E-state index < -0.39 is 0 Å². The lowest BCUT2D eigenvalue weighted by molar-refractivity contribution is 0.373. The van der Waals surface area contributed by atoms with Gasteiger partial charge in [0.1, 0.15) is 8.14 Å². The van der Waals surface area contributed by atoms with Crippen molar-refractivity contribution in [2.24, 2.45) is 5.41 Å². The number of rotatable bonds is 2. The smallest absolute Gasteiger partial charge is 0.102 e. The monoisotopic (exact) mass is 208 g/mol. The third-order valence-electron chi connectivity index (χ3n) is 1.90. The molecule has 0 N–H and O–H groups in total. The van der Waals surface area contributed by atoms with Gasteiger partial charge in [0, 0.05) is 0 Å². The van der Waals surface area contributed by atoms with Crippen molar-refractivity contribution in [2.75, 3.05) is 0 Å². The van der Waals surface area contributed by atoms with Gasteiger partial charge in [-0.15, -0.1) is 15.3 Å². The maximum Gasteiger partial charge on any atom is 0.102 e. The molecule has 0 saturated carbocycles. The Hall–Kier alpha value is 0.697. The van der Waals surface area contributed by atoms with Crippen LogP contribution in [0.4, 0.5) is 0 Å². The van der Waals surface area contributed by atoms with Crippen LogP contribution < -0.4 is 0 Å². The number of hydrogen-bond acceptors (Lipinski definition) is 0.